The molecule has 0 aliphatic heterocycles. The van der Waals surface area contributed by atoms with Crippen molar-refractivity contribution in [1.29, 1.82) is 0 Å². The summed E-state index contributed by atoms with van der Waals surface area (Å²) >= 11 is 5.80. The SMILES string of the molecule is C=C(CCCl)CC(/C=C(/C)CCC=C(C)C)S(=O)(=O)c1ccc(C)cc1. The van der Waals surface area contributed by atoms with E-state index in [0.717, 1.165) is 29.6 Å². The number of halogens is 1. The molecule has 0 N–H and O–H groups in total. The Morgan fingerprint density at radius 3 is 2.31 bits per heavy atom. The van der Waals surface area contributed by atoms with Crippen LogP contribution in [-0.4, -0.2) is 19.5 Å². The first-order valence-corrected chi connectivity index (χ1v) is 11.1. The number of hydrogen-bond acceptors (Lipinski definition) is 2. The molecule has 1 unspecified atom stereocenters. The minimum Gasteiger partial charge on any atom is -0.223 e. The van der Waals surface area contributed by atoms with Gasteiger partial charge in [0, 0.05) is 5.88 Å². The predicted octanol–water partition coefficient (Wildman–Crippen LogP) is 6.41. The lowest BCUT2D eigenvalue weighted by molar-refractivity contribution is 0.586. The highest BCUT2D eigenvalue weighted by Gasteiger charge is 2.26. The molecule has 0 fully saturated rings. The molecular formula is C22H31ClO2S. The van der Waals surface area contributed by atoms with E-state index < -0.39 is 15.1 Å². The molecule has 0 heterocycles. The number of sulfone groups is 1. The lowest BCUT2D eigenvalue weighted by atomic mass is 10.1. The molecule has 0 amide bonds. The van der Waals surface area contributed by atoms with Crippen molar-refractivity contribution in [2.75, 3.05) is 5.88 Å². The molecule has 2 nitrogen and oxygen atoms in total. The van der Waals surface area contributed by atoms with Crippen LogP contribution in [0.5, 0.6) is 0 Å². The van der Waals surface area contributed by atoms with Gasteiger partial charge in [0.2, 0.25) is 0 Å². The van der Waals surface area contributed by atoms with Crippen molar-refractivity contribution < 1.29 is 8.42 Å². The molecule has 0 spiro atoms. The van der Waals surface area contributed by atoms with Crippen LogP contribution < -0.4 is 0 Å². The quantitative estimate of drug-likeness (QED) is 0.339. The molecule has 0 saturated carbocycles. The first-order chi connectivity index (χ1) is 12.2. The highest BCUT2D eigenvalue weighted by atomic mass is 35.5. The Balaban J connectivity index is 3.12. The lowest BCUT2D eigenvalue weighted by Gasteiger charge is -2.17. The summed E-state index contributed by atoms with van der Waals surface area (Å²) in [7, 11) is -3.46. The van der Waals surface area contributed by atoms with Gasteiger partial charge in [-0.15, -0.1) is 11.6 Å². The van der Waals surface area contributed by atoms with Gasteiger partial charge in [0.15, 0.2) is 9.84 Å². The Morgan fingerprint density at radius 1 is 1.15 bits per heavy atom. The van der Waals surface area contributed by atoms with Gasteiger partial charge in [-0.1, -0.05) is 53.1 Å². The van der Waals surface area contributed by atoms with Crippen molar-refractivity contribution in [3.8, 4) is 0 Å². The van der Waals surface area contributed by atoms with Gasteiger partial charge in [0.05, 0.1) is 10.1 Å². The third-order valence-corrected chi connectivity index (χ3v) is 6.47. The third kappa shape index (κ3) is 7.51. The van der Waals surface area contributed by atoms with E-state index in [1.165, 1.54) is 5.57 Å². The fourth-order valence-electron chi connectivity index (χ4n) is 2.67. The predicted molar refractivity (Wildman–Crippen MR) is 114 cm³/mol. The Kier molecular flexibility index (Phi) is 9.38. The van der Waals surface area contributed by atoms with Crippen LogP contribution in [0.15, 0.2) is 64.6 Å². The number of alkyl halides is 1. The Hall–Kier alpha value is -1.32. The number of aryl methyl sites for hydroxylation is 1. The van der Waals surface area contributed by atoms with Crippen LogP contribution in [0.4, 0.5) is 0 Å². The highest BCUT2D eigenvalue weighted by molar-refractivity contribution is 7.92. The smallest absolute Gasteiger partial charge is 0.185 e. The van der Waals surface area contributed by atoms with E-state index in [4.69, 9.17) is 11.6 Å². The first kappa shape index (κ1) is 22.7. The van der Waals surface area contributed by atoms with E-state index in [0.29, 0.717) is 23.6 Å². The zero-order chi connectivity index (χ0) is 19.7. The fourth-order valence-corrected chi connectivity index (χ4v) is 4.67. The molecule has 1 aromatic carbocycles. The molecule has 1 atom stereocenters. The Morgan fingerprint density at radius 2 is 1.77 bits per heavy atom. The monoisotopic (exact) mass is 394 g/mol. The molecule has 0 aliphatic carbocycles. The molecular weight excluding hydrogens is 364 g/mol. The van der Waals surface area contributed by atoms with Gasteiger partial charge in [0.25, 0.3) is 0 Å². The van der Waals surface area contributed by atoms with Crippen LogP contribution >= 0.6 is 11.6 Å². The number of rotatable bonds is 10. The third-order valence-electron chi connectivity index (χ3n) is 4.25. The second-order valence-electron chi connectivity index (χ2n) is 7.12. The number of hydrogen-bond donors (Lipinski definition) is 0. The van der Waals surface area contributed by atoms with Crippen molar-refractivity contribution >= 4 is 21.4 Å². The van der Waals surface area contributed by atoms with E-state index in [1.807, 2.05) is 32.1 Å². The van der Waals surface area contributed by atoms with Crippen molar-refractivity contribution in [2.24, 2.45) is 0 Å². The van der Waals surface area contributed by atoms with Gasteiger partial charge >= 0.3 is 0 Å². The maximum absolute atomic E-state index is 13.2. The molecule has 0 bridgehead atoms. The molecule has 0 radical (unpaired) electrons. The van der Waals surface area contributed by atoms with Crippen LogP contribution in [0, 0.1) is 6.92 Å². The van der Waals surface area contributed by atoms with Crippen LogP contribution in [-0.2, 0) is 9.84 Å². The van der Waals surface area contributed by atoms with Crippen molar-refractivity contribution in [2.45, 2.75) is 63.5 Å². The molecule has 4 heteroatoms. The van der Waals surface area contributed by atoms with Crippen molar-refractivity contribution in [3.05, 3.63) is 65.3 Å². The second kappa shape index (κ2) is 10.7. The molecule has 0 aromatic heterocycles. The van der Waals surface area contributed by atoms with Crippen molar-refractivity contribution in [1.82, 2.24) is 0 Å². The largest absolute Gasteiger partial charge is 0.223 e. The zero-order valence-corrected chi connectivity index (χ0v) is 18.0. The standard InChI is InChI=1S/C22H31ClO2S/c1-17(2)7-6-8-19(4)15-22(16-20(5)13-14-23)26(24,25)21-11-9-18(3)10-12-21/h7,9-12,15,22H,5-6,8,13-14,16H2,1-4H3/b19-15-. The minimum atomic E-state index is -3.46. The molecule has 1 rings (SSSR count). The Labute approximate surface area is 164 Å². The van der Waals surface area contributed by atoms with Crippen LogP contribution in [0.3, 0.4) is 0 Å². The first-order valence-electron chi connectivity index (χ1n) is 9.00. The maximum Gasteiger partial charge on any atom is 0.185 e. The van der Waals surface area contributed by atoms with Crippen molar-refractivity contribution in [3.63, 3.8) is 0 Å². The minimum absolute atomic E-state index is 0.361. The van der Waals surface area contributed by atoms with Gasteiger partial charge in [-0.2, -0.15) is 0 Å². The lowest BCUT2D eigenvalue weighted by Crippen LogP contribution is -2.21. The second-order valence-corrected chi connectivity index (χ2v) is 9.67. The van der Waals surface area contributed by atoms with Gasteiger partial charge < -0.3 is 0 Å². The fraction of sp³-hybridized carbons (Fsp3) is 0.455. The van der Waals surface area contributed by atoms with Gasteiger partial charge in [-0.05, 0) is 65.5 Å². The normalized spacial score (nSPS) is 13.3. The molecule has 0 saturated heterocycles. The summed E-state index contributed by atoms with van der Waals surface area (Å²) in [6, 6.07) is 7.05. The average molecular weight is 395 g/mol. The summed E-state index contributed by atoms with van der Waals surface area (Å²) in [4.78, 5) is 0.361. The van der Waals surface area contributed by atoms with E-state index in [2.05, 4.69) is 26.5 Å². The summed E-state index contributed by atoms with van der Waals surface area (Å²) in [6.45, 7) is 12.1. The van der Waals surface area contributed by atoms with Gasteiger partial charge in [-0.3, -0.25) is 0 Å². The molecule has 26 heavy (non-hydrogen) atoms. The van der Waals surface area contributed by atoms with E-state index >= 15 is 0 Å². The Bertz CT molecular complexity index is 752. The van der Waals surface area contributed by atoms with Crippen LogP contribution in [0.2, 0.25) is 0 Å². The summed E-state index contributed by atoms with van der Waals surface area (Å²) in [5, 5.41) is -0.604. The molecule has 144 valence electrons. The molecule has 0 aliphatic rings. The summed E-state index contributed by atoms with van der Waals surface area (Å²) < 4.78 is 26.3. The van der Waals surface area contributed by atoms with E-state index in [1.54, 1.807) is 12.1 Å². The summed E-state index contributed by atoms with van der Waals surface area (Å²) in [6.07, 6.45) is 6.88. The topological polar surface area (TPSA) is 34.1 Å². The highest BCUT2D eigenvalue weighted by Crippen LogP contribution is 2.25. The molecule has 1 aromatic rings. The van der Waals surface area contributed by atoms with E-state index in [9.17, 15) is 8.42 Å². The van der Waals surface area contributed by atoms with Crippen LogP contribution in [0.1, 0.15) is 52.0 Å². The average Bonchev–Trinajstić information content (AvgIpc) is 2.54. The maximum atomic E-state index is 13.2. The number of allylic oxidation sites excluding steroid dienone is 4. The van der Waals surface area contributed by atoms with Gasteiger partial charge in [0.1, 0.15) is 0 Å². The number of benzene rings is 1. The summed E-state index contributed by atoms with van der Waals surface area (Å²) in [5.41, 5.74) is 4.27. The van der Waals surface area contributed by atoms with Crippen LogP contribution in [0.25, 0.3) is 0 Å². The summed E-state index contributed by atoms with van der Waals surface area (Å²) in [5.74, 6) is 0.458. The van der Waals surface area contributed by atoms with E-state index in [-0.39, 0.29) is 0 Å². The zero-order valence-electron chi connectivity index (χ0n) is 16.4. The van der Waals surface area contributed by atoms with Gasteiger partial charge in [-0.25, -0.2) is 8.42 Å².